The molecule has 2 aromatic heterocycles. The van der Waals surface area contributed by atoms with Crippen LogP contribution in [0.25, 0.3) is 11.1 Å². The fourth-order valence-corrected chi connectivity index (χ4v) is 3.76. The summed E-state index contributed by atoms with van der Waals surface area (Å²) in [6.45, 7) is 3.79. The van der Waals surface area contributed by atoms with Gasteiger partial charge in [-0.05, 0) is 43.6 Å². The van der Waals surface area contributed by atoms with Crippen LogP contribution < -0.4 is 5.32 Å². The number of likely N-dealkylation sites (tertiary alicyclic amines) is 1. The topological polar surface area (TPSA) is 50.4 Å². The van der Waals surface area contributed by atoms with Gasteiger partial charge >= 0.3 is 0 Å². The number of amides is 1. The zero-order valence-corrected chi connectivity index (χ0v) is 15.6. The highest BCUT2D eigenvalue weighted by molar-refractivity contribution is 5.97. The zero-order chi connectivity index (χ0) is 19.5. The van der Waals surface area contributed by atoms with E-state index in [-0.39, 0.29) is 12.5 Å². The third-order valence-corrected chi connectivity index (χ3v) is 5.24. The Kier molecular flexibility index (Phi) is 5.43. The van der Waals surface area contributed by atoms with E-state index < -0.39 is 11.6 Å². The van der Waals surface area contributed by atoms with Crippen molar-refractivity contribution in [3.63, 3.8) is 0 Å². The van der Waals surface area contributed by atoms with Crippen LogP contribution in [-0.2, 0) is 6.54 Å². The molecule has 0 saturated carbocycles. The van der Waals surface area contributed by atoms with E-state index in [4.69, 9.17) is 4.42 Å². The number of carbonyl (C=O) groups is 1. The van der Waals surface area contributed by atoms with Gasteiger partial charge in [-0.1, -0.05) is 12.5 Å². The van der Waals surface area contributed by atoms with Crippen molar-refractivity contribution in [3.8, 4) is 0 Å². The number of furan rings is 1. The molecule has 1 fully saturated rings. The van der Waals surface area contributed by atoms with Crippen LogP contribution in [-0.4, -0.2) is 41.6 Å². The predicted octanol–water partition coefficient (Wildman–Crippen LogP) is 3.78. The monoisotopic (exact) mass is 387 g/mol. The van der Waals surface area contributed by atoms with Gasteiger partial charge in [0, 0.05) is 31.8 Å². The smallest absolute Gasteiger partial charge is 0.268 e. The summed E-state index contributed by atoms with van der Waals surface area (Å²) in [6.07, 6.45) is 5.24. The summed E-state index contributed by atoms with van der Waals surface area (Å²) in [5.41, 5.74) is 2.34. The normalized spacial score (nSPS) is 15.2. The molecule has 1 amide bonds. The van der Waals surface area contributed by atoms with Gasteiger partial charge in [-0.3, -0.25) is 4.79 Å². The third-order valence-electron chi connectivity index (χ3n) is 5.24. The van der Waals surface area contributed by atoms with Crippen LogP contribution in [0.4, 0.5) is 8.78 Å². The first kappa shape index (κ1) is 18.7. The molecule has 28 heavy (non-hydrogen) atoms. The molecule has 7 heteroatoms. The molecule has 0 radical (unpaired) electrons. The van der Waals surface area contributed by atoms with Crippen molar-refractivity contribution in [1.29, 1.82) is 0 Å². The first-order valence-corrected chi connectivity index (χ1v) is 9.63. The van der Waals surface area contributed by atoms with E-state index in [0.29, 0.717) is 23.4 Å². The molecule has 0 aliphatic carbocycles. The van der Waals surface area contributed by atoms with Crippen molar-refractivity contribution in [2.45, 2.75) is 25.8 Å². The van der Waals surface area contributed by atoms with Gasteiger partial charge in [0.05, 0.1) is 11.8 Å². The molecule has 0 unspecified atom stereocenters. The van der Waals surface area contributed by atoms with E-state index in [1.54, 1.807) is 23.0 Å². The minimum atomic E-state index is -0.902. The van der Waals surface area contributed by atoms with Crippen molar-refractivity contribution in [2.24, 2.45) is 0 Å². The highest BCUT2D eigenvalue weighted by Gasteiger charge is 2.18. The summed E-state index contributed by atoms with van der Waals surface area (Å²) in [7, 11) is 0. The lowest BCUT2D eigenvalue weighted by molar-refractivity contribution is 0.0938. The molecule has 5 nitrogen and oxygen atoms in total. The second kappa shape index (κ2) is 8.14. The minimum absolute atomic E-state index is 0.203. The van der Waals surface area contributed by atoms with Crippen molar-refractivity contribution in [1.82, 2.24) is 14.8 Å². The number of nitrogens with zero attached hydrogens (tertiary/aromatic N) is 2. The van der Waals surface area contributed by atoms with Crippen LogP contribution in [0, 0.1) is 11.6 Å². The number of rotatable bonds is 6. The van der Waals surface area contributed by atoms with Gasteiger partial charge in [0.15, 0.2) is 17.2 Å². The molecule has 1 aromatic carbocycles. The minimum Gasteiger partial charge on any atom is -0.463 e. The largest absolute Gasteiger partial charge is 0.463 e. The molecule has 1 aliphatic heterocycles. The lowest BCUT2D eigenvalue weighted by atomic mass is 10.1. The van der Waals surface area contributed by atoms with Gasteiger partial charge in [0.2, 0.25) is 0 Å². The zero-order valence-electron chi connectivity index (χ0n) is 15.6. The van der Waals surface area contributed by atoms with Crippen molar-refractivity contribution >= 4 is 17.0 Å². The van der Waals surface area contributed by atoms with E-state index in [1.807, 2.05) is 0 Å². The fraction of sp³-hybridized carbons (Fsp3) is 0.381. The van der Waals surface area contributed by atoms with Gasteiger partial charge in [0.25, 0.3) is 5.91 Å². The van der Waals surface area contributed by atoms with E-state index in [9.17, 15) is 13.6 Å². The van der Waals surface area contributed by atoms with Gasteiger partial charge in [-0.15, -0.1) is 0 Å². The van der Waals surface area contributed by atoms with E-state index in [1.165, 1.54) is 25.3 Å². The number of aromatic nitrogens is 1. The molecular weight excluding hydrogens is 364 g/mol. The van der Waals surface area contributed by atoms with Gasteiger partial charge < -0.3 is 19.2 Å². The first-order valence-electron chi connectivity index (χ1n) is 9.63. The summed E-state index contributed by atoms with van der Waals surface area (Å²) in [4.78, 5) is 15.1. The number of nitrogens with one attached hydrogen (secondary N) is 1. The molecule has 1 saturated heterocycles. The first-order chi connectivity index (χ1) is 13.6. The average Bonchev–Trinajstić information content (AvgIpc) is 3.28. The second-order valence-electron chi connectivity index (χ2n) is 7.19. The Labute approximate surface area is 161 Å². The highest BCUT2D eigenvalue weighted by Crippen LogP contribution is 2.23. The summed E-state index contributed by atoms with van der Waals surface area (Å²) in [5.74, 6) is -1.99. The van der Waals surface area contributed by atoms with E-state index in [2.05, 4.69) is 10.2 Å². The molecule has 1 aliphatic rings. The lowest BCUT2D eigenvalue weighted by Gasteiger charge is -2.26. The van der Waals surface area contributed by atoms with Crippen molar-refractivity contribution < 1.29 is 18.0 Å². The van der Waals surface area contributed by atoms with Crippen molar-refractivity contribution in [3.05, 3.63) is 59.5 Å². The standard InChI is InChI=1S/C21H23F2N3O2/c22-16-5-4-15(12-17(16)23)14-26-18-6-11-28-20(18)13-19(26)21(27)24-7-10-25-8-2-1-3-9-25/h4-6,11-13H,1-3,7-10,14H2,(H,24,27). The highest BCUT2D eigenvalue weighted by atomic mass is 19.2. The number of hydrogen-bond acceptors (Lipinski definition) is 3. The summed E-state index contributed by atoms with van der Waals surface area (Å²) >= 11 is 0. The number of piperidine rings is 1. The number of fused-ring (bicyclic) bond motifs is 1. The van der Waals surface area contributed by atoms with Crippen LogP contribution in [0.1, 0.15) is 35.3 Å². The molecule has 0 bridgehead atoms. The fourth-order valence-electron chi connectivity index (χ4n) is 3.76. The van der Waals surface area contributed by atoms with Gasteiger partial charge in [-0.25, -0.2) is 8.78 Å². The Balaban J connectivity index is 1.49. The number of benzene rings is 1. The van der Waals surface area contributed by atoms with Crippen molar-refractivity contribution in [2.75, 3.05) is 26.2 Å². The Morgan fingerprint density at radius 2 is 1.89 bits per heavy atom. The maximum Gasteiger partial charge on any atom is 0.268 e. The number of carbonyl (C=O) groups excluding carboxylic acids is 1. The van der Waals surface area contributed by atoms with E-state index >= 15 is 0 Å². The molecule has 3 heterocycles. The molecule has 0 spiro atoms. The summed E-state index contributed by atoms with van der Waals surface area (Å²) in [5, 5.41) is 2.97. The molecule has 1 N–H and O–H groups in total. The maximum absolute atomic E-state index is 13.6. The molecule has 0 atom stereocenters. The predicted molar refractivity (Wildman–Crippen MR) is 102 cm³/mol. The Bertz CT molecular complexity index is 973. The van der Waals surface area contributed by atoms with E-state index in [0.717, 1.165) is 37.3 Å². The molecule has 3 aromatic rings. The van der Waals surface area contributed by atoms with Crippen LogP contribution in [0.2, 0.25) is 0 Å². The van der Waals surface area contributed by atoms with Crippen LogP contribution >= 0.6 is 0 Å². The molecular formula is C21H23F2N3O2. The Morgan fingerprint density at radius 1 is 1.07 bits per heavy atom. The number of hydrogen-bond donors (Lipinski definition) is 1. The quantitative estimate of drug-likeness (QED) is 0.700. The Morgan fingerprint density at radius 3 is 2.68 bits per heavy atom. The molecule has 148 valence electrons. The summed E-state index contributed by atoms with van der Waals surface area (Å²) < 4.78 is 34.0. The third kappa shape index (κ3) is 3.94. The van der Waals surface area contributed by atoms with Gasteiger partial charge in [0.1, 0.15) is 5.69 Å². The van der Waals surface area contributed by atoms with Crippen LogP contribution in [0.5, 0.6) is 0 Å². The lowest BCUT2D eigenvalue weighted by Crippen LogP contribution is -2.38. The maximum atomic E-state index is 13.6. The molecule has 4 rings (SSSR count). The summed E-state index contributed by atoms with van der Waals surface area (Å²) in [6, 6.07) is 7.21. The average molecular weight is 387 g/mol. The SMILES string of the molecule is O=C(NCCN1CCCCC1)c1cc2occc2n1Cc1ccc(F)c(F)c1. The number of halogens is 2. The Hall–Kier alpha value is -2.67. The second-order valence-corrected chi connectivity index (χ2v) is 7.19. The van der Waals surface area contributed by atoms with Crippen LogP contribution in [0.15, 0.2) is 41.0 Å². The van der Waals surface area contributed by atoms with Crippen LogP contribution in [0.3, 0.4) is 0 Å². The van der Waals surface area contributed by atoms with Gasteiger partial charge in [-0.2, -0.15) is 0 Å².